The summed E-state index contributed by atoms with van der Waals surface area (Å²) in [7, 11) is 0. The second kappa shape index (κ2) is 3.05. The number of allylic oxidation sites excluding steroid dienone is 2. The highest BCUT2D eigenvalue weighted by atomic mass is 19.1. The Morgan fingerprint density at radius 1 is 1.27 bits per heavy atom. The smallest absolute Gasteiger partial charge is 0.133 e. The molecule has 0 saturated carbocycles. The minimum atomic E-state index is -0.182. The number of amidine groups is 1. The van der Waals surface area contributed by atoms with Crippen molar-refractivity contribution in [3.63, 3.8) is 0 Å². The van der Waals surface area contributed by atoms with Gasteiger partial charge in [-0.05, 0) is 24.3 Å². The van der Waals surface area contributed by atoms with Gasteiger partial charge in [0.05, 0.1) is 12.2 Å². The highest BCUT2D eigenvalue weighted by Gasteiger charge is 2.19. The SMILES string of the molecule is Fc1cccc2c1CN1C=CC=CC1=N2. The molecule has 0 unspecified atom stereocenters. The summed E-state index contributed by atoms with van der Waals surface area (Å²) in [5.74, 6) is 0.689. The molecule has 2 heterocycles. The fraction of sp³-hybridized carbons (Fsp3) is 0.0833. The van der Waals surface area contributed by atoms with Gasteiger partial charge in [-0.1, -0.05) is 12.1 Å². The number of nitrogens with zero attached hydrogens (tertiary/aromatic N) is 2. The first kappa shape index (κ1) is 8.41. The molecule has 2 aliphatic rings. The predicted octanol–water partition coefficient (Wildman–Crippen LogP) is 2.75. The maximum atomic E-state index is 13.5. The number of hydrogen-bond donors (Lipinski definition) is 0. The molecule has 0 atom stereocenters. The van der Waals surface area contributed by atoms with Crippen molar-refractivity contribution in [1.29, 1.82) is 0 Å². The fourth-order valence-electron chi connectivity index (χ4n) is 1.80. The van der Waals surface area contributed by atoms with E-state index in [0.717, 1.165) is 11.5 Å². The molecule has 2 aliphatic heterocycles. The normalized spacial score (nSPS) is 17.1. The molecule has 0 N–H and O–H groups in total. The van der Waals surface area contributed by atoms with Crippen molar-refractivity contribution in [2.24, 2.45) is 4.99 Å². The van der Waals surface area contributed by atoms with Crippen LogP contribution in [0.4, 0.5) is 10.1 Å². The topological polar surface area (TPSA) is 15.6 Å². The van der Waals surface area contributed by atoms with Gasteiger partial charge in [-0.25, -0.2) is 9.38 Å². The molecule has 3 heteroatoms. The van der Waals surface area contributed by atoms with E-state index in [4.69, 9.17) is 0 Å². The first-order chi connectivity index (χ1) is 7.34. The van der Waals surface area contributed by atoms with E-state index in [9.17, 15) is 4.39 Å². The van der Waals surface area contributed by atoms with Crippen LogP contribution >= 0.6 is 0 Å². The van der Waals surface area contributed by atoms with Crippen LogP contribution in [0.25, 0.3) is 0 Å². The molecule has 0 fully saturated rings. The number of hydrogen-bond acceptors (Lipinski definition) is 2. The van der Waals surface area contributed by atoms with E-state index in [0.29, 0.717) is 12.1 Å². The van der Waals surface area contributed by atoms with Gasteiger partial charge < -0.3 is 4.90 Å². The first-order valence-electron chi connectivity index (χ1n) is 4.82. The standard InChI is InChI=1S/C12H9FN2/c13-10-4-3-5-11-9(10)8-15-7-2-1-6-12(15)14-11/h1-7H,8H2. The van der Waals surface area contributed by atoms with E-state index in [1.807, 2.05) is 35.4 Å². The molecule has 74 valence electrons. The van der Waals surface area contributed by atoms with Crippen LogP contribution in [0.3, 0.4) is 0 Å². The third-order valence-electron chi connectivity index (χ3n) is 2.57. The summed E-state index contributed by atoms with van der Waals surface area (Å²) in [6.07, 6.45) is 7.69. The third-order valence-corrected chi connectivity index (χ3v) is 2.57. The molecule has 0 amide bonds. The number of benzene rings is 1. The Kier molecular flexibility index (Phi) is 1.71. The summed E-state index contributed by atoms with van der Waals surface area (Å²) in [5, 5.41) is 0. The molecule has 1 aromatic carbocycles. The molecule has 0 radical (unpaired) electrons. The van der Waals surface area contributed by atoms with Crippen LogP contribution in [-0.2, 0) is 6.54 Å². The van der Waals surface area contributed by atoms with Gasteiger partial charge in [0.15, 0.2) is 0 Å². The Morgan fingerprint density at radius 3 is 3.13 bits per heavy atom. The molecule has 0 saturated heterocycles. The van der Waals surface area contributed by atoms with Gasteiger partial charge in [0.25, 0.3) is 0 Å². The van der Waals surface area contributed by atoms with Crippen molar-refractivity contribution in [3.05, 3.63) is 54.0 Å². The van der Waals surface area contributed by atoms with Crippen LogP contribution < -0.4 is 0 Å². The Hall–Kier alpha value is -1.90. The van der Waals surface area contributed by atoms with Crippen LogP contribution in [-0.4, -0.2) is 10.7 Å². The second-order valence-corrected chi connectivity index (χ2v) is 3.54. The van der Waals surface area contributed by atoms with Gasteiger partial charge in [-0.15, -0.1) is 0 Å². The minimum Gasteiger partial charge on any atom is -0.328 e. The monoisotopic (exact) mass is 200 g/mol. The fourth-order valence-corrected chi connectivity index (χ4v) is 1.80. The van der Waals surface area contributed by atoms with Gasteiger partial charge in [-0.2, -0.15) is 0 Å². The summed E-state index contributed by atoms with van der Waals surface area (Å²) in [6.45, 7) is 0.557. The van der Waals surface area contributed by atoms with Gasteiger partial charge in [-0.3, -0.25) is 0 Å². The maximum absolute atomic E-state index is 13.5. The van der Waals surface area contributed by atoms with E-state index in [1.54, 1.807) is 6.07 Å². The lowest BCUT2D eigenvalue weighted by atomic mass is 10.1. The van der Waals surface area contributed by atoms with E-state index in [2.05, 4.69) is 4.99 Å². The molecular formula is C12H9FN2. The molecule has 0 aromatic heterocycles. The van der Waals surface area contributed by atoms with Crippen molar-refractivity contribution in [2.75, 3.05) is 0 Å². The van der Waals surface area contributed by atoms with E-state index < -0.39 is 0 Å². The molecule has 2 nitrogen and oxygen atoms in total. The molecule has 1 aromatic rings. The molecule has 15 heavy (non-hydrogen) atoms. The lowest BCUT2D eigenvalue weighted by molar-refractivity contribution is 0.512. The molecule has 0 aliphatic carbocycles. The van der Waals surface area contributed by atoms with Crippen molar-refractivity contribution >= 4 is 11.5 Å². The number of fused-ring (bicyclic) bond motifs is 2. The molecular weight excluding hydrogens is 191 g/mol. The van der Waals surface area contributed by atoms with Crippen molar-refractivity contribution in [1.82, 2.24) is 4.90 Å². The largest absolute Gasteiger partial charge is 0.328 e. The van der Waals surface area contributed by atoms with Crippen LogP contribution in [0.15, 0.2) is 47.6 Å². The first-order valence-corrected chi connectivity index (χ1v) is 4.82. The average Bonchev–Trinajstić information content (AvgIpc) is 2.27. The van der Waals surface area contributed by atoms with Gasteiger partial charge in [0.1, 0.15) is 11.7 Å². The quantitative estimate of drug-likeness (QED) is 0.628. The van der Waals surface area contributed by atoms with Crippen LogP contribution in [0.2, 0.25) is 0 Å². The van der Waals surface area contributed by atoms with Crippen LogP contribution in [0, 0.1) is 5.82 Å². The summed E-state index contributed by atoms with van der Waals surface area (Å²) in [6, 6.07) is 5.01. The molecule has 0 bridgehead atoms. The van der Waals surface area contributed by atoms with Crippen molar-refractivity contribution in [2.45, 2.75) is 6.54 Å². The zero-order valence-electron chi connectivity index (χ0n) is 8.02. The summed E-state index contributed by atoms with van der Waals surface area (Å²) in [5.41, 5.74) is 1.41. The van der Waals surface area contributed by atoms with Crippen molar-refractivity contribution < 1.29 is 4.39 Å². The van der Waals surface area contributed by atoms with Gasteiger partial charge in [0.2, 0.25) is 0 Å². The Balaban J connectivity index is 2.16. The summed E-state index contributed by atoms with van der Waals surface area (Å²) >= 11 is 0. The summed E-state index contributed by atoms with van der Waals surface area (Å²) in [4.78, 5) is 6.33. The zero-order chi connectivity index (χ0) is 10.3. The molecule has 3 rings (SSSR count). The highest BCUT2D eigenvalue weighted by Crippen LogP contribution is 2.29. The maximum Gasteiger partial charge on any atom is 0.133 e. The number of aliphatic imine (C=N–C) groups is 1. The van der Waals surface area contributed by atoms with Gasteiger partial charge >= 0.3 is 0 Å². The van der Waals surface area contributed by atoms with Gasteiger partial charge in [0, 0.05) is 11.8 Å². The highest BCUT2D eigenvalue weighted by molar-refractivity contribution is 5.97. The zero-order valence-corrected chi connectivity index (χ0v) is 8.02. The van der Waals surface area contributed by atoms with Crippen LogP contribution in [0.1, 0.15) is 5.56 Å². The number of rotatable bonds is 0. The Morgan fingerprint density at radius 2 is 2.20 bits per heavy atom. The third kappa shape index (κ3) is 1.28. The van der Waals surface area contributed by atoms with E-state index in [1.165, 1.54) is 6.07 Å². The van der Waals surface area contributed by atoms with Crippen molar-refractivity contribution in [3.8, 4) is 0 Å². The lowest BCUT2D eigenvalue weighted by Crippen LogP contribution is -2.28. The minimum absolute atomic E-state index is 0.182. The average molecular weight is 200 g/mol. The van der Waals surface area contributed by atoms with Crippen LogP contribution in [0.5, 0.6) is 0 Å². The van der Waals surface area contributed by atoms with E-state index >= 15 is 0 Å². The molecule has 0 spiro atoms. The number of halogens is 1. The van der Waals surface area contributed by atoms with E-state index in [-0.39, 0.29) is 5.82 Å². The summed E-state index contributed by atoms with van der Waals surface area (Å²) < 4.78 is 13.5. The predicted molar refractivity (Wildman–Crippen MR) is 57.3 cm³/mol. The lowest BCUT2D eigenvalue weighted by Gasteiger charge is -2.27. The Labute approximate surface area is 87.1 Å². The Bertz CT molecular complexity index is 500. The second-order valence-electron chi connectivity index (χ2n) is 3.54.